The highest BCUT2D eigenvalue weighted by atomic mass is 19.1. The van der Waals surface area contributed by atoms with E-state index in [0.29, 0.717) is 30.7 Å². The lowest BCUT2D eigenvalue weighted by atomic mass is 9.93. The fourth-order valence-corrected chi connectivity index (χ4v) is 3.23. The molecule has 2 aromatic rings. The standard InChI is InChI=1S/C18H23FN4O2/c1-13-21-22-18(25-13)12-23-10-4-5-14(11-23)8-9-17(24)20-16-7-3-2-6-15(16)19/h2-3,6-7,14H,4-5,8-12H2,1H3,(H,20,24)/t14-/m1/s1. The maximum atomic E-state index is 13.6. The summed E-state index contributed by atoms with van der Waals surface area (Å²) in [4.78, 5) is 14.3. The van der Waals surface area contributed by atoms with Crippen molar-refractivity contribution >= 4 is 11.6 Å². The largest absolute Gasteiger partial charge is 0.424 e. The number of rotatable bonds is 6. The molecule has 7 heteroatoms. The Bertz CT molecular complexity index is 719. The highest BCUT2D eigenvalue weighted by molar-refractivity contribution is 5.90. The smallest absolute Gasteiger partial charge is 0.230 e. The van der Waals surface area contributed by atoms with Crippen molar-refractivity contribution in [2.24, 2.45) is 5.92 Å². The molecule has 0 saturated carbocycles. The molecule has 134 valence electrons. The molecule has 6 nitrogen and oxygen atoms in total. The molecule has 1 atom stereocenters. The van der Waals surface area contributed by atoms with Crippen molar-refractivity contribution in [2.45, 2.75) is 39.2 Å². The Morgan fingerprint density at radius 3 is 3.00 bits per heavy atom. The summed E-state index contributed by atoms with van der Waals surface area (Å²) in [5.41, 5.74) is 0.240. The second kappa shape index (κ2) is 8.20. The van der Waals surface area contributed by atoms with Gasteiger partial charge in [-0.05, 0) is 43.9 Å². The molecule has 3 rings (SSSR count). The third kappa shape index (κ3) is 5.09. The molecule has 0 aliphatic carbocycles. The number of amides is 1. The van der Waals surface area contributed by atoms with Gasteiger partial charge in [-0.25, -0.2) is 4.39 Å². The van der Waals surface area contributed by atoms with E-state index in [-0.39, 0.29) is 11.6 Å². The minimum Gasteiger partial charge on any atom is -0.424 e. The number of anilines is 1. The van der Waals surface area contributed by atoms with Crippen molar-refractivity contribution in [2.75, 3.05) is 18.4 Å². The Labute approximate surface area is 146 Å². The summed E-state index contributed by atoms with van der Waals surface area (Å²) >= 11 is 0. The van der Waals surface area contributed by atoms with E-state index in [0.717, 1.165) is 32.4 Å². The van der Waals surface area contributed by atoms with Gasteiger partial charge < -0.3 is 9.73 Å². The molecule has 1 aromatic carbocycles. The second-order valence-corrected chi connectivity index (χ2v) is 6.52. The van der Waals surface area contributed by atoms with Crippen LogP contribution in [-0.2, 0) is 11.3 Å². The molecular weight excluding hydrogens is 323 g/mol. The number of aromatic nitrogens is 2. The topological polar surface area (TPSA) is 71.3 Å². The number of halogens is 1. The van der Waals surface area contributed by atoms with Crippen LogP contribution in [0, 0.1) is 18.7 Å². The van der Waals surface area contributed by atoms with Crippen LogP contribution in [0.1, 0.15) is 37.5 Å². The summed E-state index contributed by atoms with van der Waals surface area (Å²) in [6.45, 7) is 4.34. The summed E-state index contributed by atoms with van der Waals surface area (Å²) in [7, 11) is 0. The predicted molar refractivity (Wildman–Crippen MR) is 91.3 cm³/mol. The van der Waals surface area contributed by atoms with Crippen molar-refractivity contribution in [1.29, 1.82) is 0 Å². The molecule has 1 fully saturated rings. The number of nitrogens with zero attached hydrogens (tertiary/aromatic N) is 3. The fourth-order valence-electron chi connectivity index (χ4n) is 3.23. The lowest BCUT2D eigenvalue weighted by molar-refractivity contribution is -0.116. The molecule has 1 amide bonds. The number of hydrogen-bond donors (Lipinski definition) is 1. The molecule has 1 N–H and O–H groups in total. The maximum Gasteiger partial charge on any atom is 0.230 e. The van der Waals surface area contributed by atoms with Crippen LogP contribution in [0.5, 0.6) is 0 Å². The summed E-state index contributed by atoms with van der Waals surface area (Å²) < 4.78 is 19.0. The molecule has 1 aliphatic heterocycles. The van der Waals surface area contributed by atoms with Crippen molar-refractivity contribution in [3.05, 3.63) is 41.9 Å². The van der Waals surface area contributed by atoms with Crippen LogP contribution in [0.4, 0.5) is 10.1 Å². The predicted octanol–water partition coefficient (Wildman–Crippen LogP) is 3.15. The van der Waals surface area contributed by atoms with E-state index in [4.69, 9.17) is 4.42 Å². The summed E-state index contributed by atoms with van der Waals surface area (Å²) in [6, 6.07) is 6.22. The lowest BCUT2D eigenvalue weighted by Gasteiger charge is -2.31. The summed E-state index contributed by atoms with van der Waals surface area (Å²) in [5.74, 6) is 1.11. The monoisotopic (exact) mass is 346 g/mol. The van der Waals surface area contributed by atoms with Crippen molar-refractivity contribution in [3.63, 3.8) is 0 Å². The maximum absolute atomic E-state index is 13.6. The van der Waals surface area contributed by atoms with Gasteiger partial charge in [0.05, 0.1) is 12.2 Å². The molecule has 0 radical (unpaired) electrons. The highest BCUT2D eigenvalue weighted by Crippen LogP contribution is 2.23. The van der Waals surface area contributed by atoms with Gasteiger partial charge in [-0.3, -0.25) is 9.69 Å². The first-order valence-corrected chi connectivity index (χ1v) is 8.66. The van der Waals surface area contributed by atoms with Gasteiger partial charge >= 0.3 is 0 Å². The second-order valence-electron chi connectivity index (χ2n) is 6.52. The quantitative estimate of drug-likeness (QED) is 0.870. The average Bonchev–Trinajstić information content (AvgIpc) is 3.00. The van der Waals surface area contributed by atoms with Crippen molar-refractivity contribution in [1.82, 2.24) is 15.1 Å². The Kier molecular flexibility index (Phi) is 5.75. The first-order chi connectivity index (χ1) is 12.1. The van der Waals surface area contributed by atoms with Crippen LogP contribution in [-0.4, -0.2) is 34.1 Å². The van der Waals surface area contributed by atoms with Crippen molar-refractivity contribution in [3.8, 4) is 0 Å². The van der Waals surface area contributed by atoms with E-state index in [1.807, 2.05) is 0 Å². The van der Waals surface area contributed by atoms with Gasteiger partial charge in [0.15, 0.2) is 0 Å². The van der Waals surface area contributed by atoms with E-state index < -0.39 is 5.82 Å². The van der Waals surface area contributed by atoms with E-state index in [1.54, 1.807) is 25.1 Å². The molecule has 1 aromatic heterocycles. The Balaban J connectivity index is 1.44. The summed E-state index contributed by atoms with van der Waals surface area (Å²) in [6.07, 6.45) is 3.38. The number of para-hydroxylation sites is 1. The molecule has 1 aliphatic rings. The molecule has 0 unspecified atom stereocenters. The average molecular weight is 346 g/mol. The van der Waals surface area contributed by atoms with Gasteiger partial charge in [0.25, 0.3) is 0 Å². The SMILES string of the molecule is Cc1nnc(CN2CCC[C@H](CCC(=O)Nc3ccccc3F)C2)o1. The van der Waals surface area contributed by atoms with Crippen LogP contribution in [0.2, 0.25) is 0 Å². The third-order valence-corrected chi connectivity index (χ3v) is 4.46. The van der Waals surface area contributed by atoms with Crippen LogP contribution in [0.15, 0.2) is 28.7 Å². The van der Waals surface area contributed by atoms with E-state index in [9.17, 15) is 9.18 Å². The number of benzene rings is 1. The normalized spacial score (nSPS) is 18.2. The number of carbonyl (C=O) groups is 1. The first-order valence-electron chi connectivity index (χ1n) is 8.66. The minimum absolute atomic E-state index is 0.144. The molecule has 1 saturated heterocycles. The van der Waals surface area contributed by atoms with Crippen LogP contribution < -0.4 is 5.32 Å². The number of hydrogen-bond acceptors (Lipinski definition) is 5. The van der Waals surface area contributed by atoms with Gasteiger partial charge in [-0.15, -0.1) is 10.2 Å². The highest BCUT2D eigenvalue weighted by Gasteiger charge is 2.22. The van der Waals surface area contributed by atoms with Crippen LogP contribution in [0.25, 0.3) is 0 Å². The number of carbonyl (C=O) groups excluding carboxylic acids is 1. The van der Waals surface area contributed by atoms with Crippen LogP contribution in [0.3, 0.4) is 0 Å². The Morgan fingerprint density at radius 1 is 1.40 bits per heavy atom. The Hall–Kier alpha value is -2.28. The summed E-state index contributed by atoms with van der Waals surface area (Å²) in [5, 5.41) is 10.5. The zero-order valence-electron chi connectivity index (χ0n) is 14.4. The molecule has 2 heterocycles. The molecule has 0 bridgehead atoms. The molecular formula is C18H23FN4O2. The zero-order valence-corrected chi connectivity index (χ0v) is 14.4. The van der Waals surface area contributed by atoms with Gasteiger partial charge in [0.2, 0.25) is 17.7 Å². The number of nitrogens with one attached hydrogen (secondary N) is 1. The number of likely N-dealkylation sites (tertiary alicyclic amines) is 1. The first kappa shape index (κ1) is 17.5. The minimum atomic E-state index is -0.408. The third-order valence-electron chi connectivity index (χ3n) is 4.46. The molecule has 0 spiro atoms. The van der Waals surface area contributed by atoms with E-state index in [2.05, 4.69) is 20.4 Å². The number of aryl methyl sites for hydroxylation is 1. The van der Waals surface area contributed by atoms with E-state index >= 15 is 0 Å². The number of piperidine rings is 1. The van der Waals surface area contributed by atoms with Gasteiger partial charge in [0, 0.05) is 19.9 Å². The Morgan fingerprint density at radius 2 is 2.24 bits per heavy atom. The van der Waals surface area contributed by atoms with Gasteiger partial charge in [-0.2, -0.15) is 0 Å². The van der Waals surface area contributed by atoms with Crippen LogP contribution >= 0.6 is 0 Å². The fraction of sp³-hybridized carbons (Fsp3) is 0.500. The van der Waals surface area contributed by atoms with Crippen molar-refractivity contribution < 1.29 is 13.6 Å². The molecule has 25 heavy (non-hydrogen) atoms. The van der Waals surface area contributed by atoms with E-state index in [1.165, 1.54) is 6.07 Å². The van der Waals surface area contributed by atoms with Gasteiger partial charge in [0.1, 0.15) is 5.82 Å². The lowest BCUT2D eigenvalue weighted by Crippen LogP contribution is -2.35. The zero-order chi connectivity index (χ0) is 17.6. The van der Waals surface area contributed by atoms with Gasteiger partial charge in [-0.1, -0.05) is 12.1 Å².